The van der Waals surface area contributed by atoms with E-state index in [1.54, 1.807) is 18.4 Å². The Morgan fingerprint density at radius 3 is 2.54 bits per heavy atom. The van der Waals surface area contributed by atoms with Crippen molar-refractivity contribution in [1.82, 2.24) is 19.5 Å². The summed E-state index contributed by atoms with van der Waals surface area (Å²) < 4.78 is 25.3. The van der Waals surface area contributed by atoms with Gasteiger partial charge in [0.2, 0.25) is 12.0 Å². The van der Waals surface area contributed by atoms with E-state index in [1.165, 1.54) is 12.7 Å². The lowest BCUT2D eigenvalue weighted by Crippen LogP contribution is -2.48. The van der Waals surface area contributed by atoms with Crippen molar-refractivity contribution in [2.24, 2.45) is 5.73 Å². The molecule has 0 bridgehead atoms. The van der Waals surface area contributed by atoms with Crippen LogP contribution < -0.4 is 11.1 Å². The molecule has 2 aromatic rings. The van der Waals surface area contributed by atoms with Crippen LogP contribution in [-0.4, -0.2) is 67.5 Å². The summed E-state index contributed by atoms with van der Waals surface area (Å²) in [5.41, 5.74) is 6.32. The second-order valence-electron chi connectivity index (χ2n) is 8.96. The summed E-state index contributed by atoms with van der Waals surface area (Å²) in [6, 6.07) is 0. The molecule has 2 aliphatic rings. The fraction of sp³-hybridized carbons (Fsp3) is 0.636. The summed E-state index contributed by atoms with van der Waals surface area (Å²) in [5, 5.41) is 2.74. The molecule has 3 N–H and O–H groups in total. The number of nitrogens with zero attached hydrogens (tertiary/aromatic N) is 4. The van der Waals surface area contributed by atoms with Crippen molar-refractivity contribution < 1.29 is 33.3 Å². The number of amides is 2. The van der Waals surface area contributed by atoms with E-state index < -0.39 is 48.3 Å². The van der Waals surface area contributed by atoms with Crippen molar-refractivity contribution in [3.05, 3.63) is 12.7 Å². The zero-order chi connectivity index (χ0) is 25.3. The van der Waals surface area contributed by atoms with Gasteiger partial charge in [-0.05, 0) is 26.7 Å². The molecular formula is C22H30N6O7. The molecule has 4 heterocycles. The average molecular weight is 491 g/mol. The number of esters is 1. The Balaban J connectivity index is 1.68. The van der Waals surface area contributed by atoms with Crippen molar-refractivity contribution >= 4 is 34.8 Å². The molecule has 0 radical (unpaired) electrons. The summed E-state index contributed by atoms with van der Waals surface area (Å²) in [4.78, 5) is 49.4. The Bertz CT molecular complexity index is 1120. The van der Waals surface area contributed by atoms with E-state index in [0.29, 0.717) is 30.4 Å². The third kappa shape index (κ3) is 4.97. The number of aromatic nitrogens is 4. The van der Waals surface area contributed by atoms with Crippen molar-refractivity contribution in [1.29, 1.82) is 0 Å². The number of primary amides is 1. The highest BCUT2D eigenvalue weighted by molar-refractivity contribution is 5.96. The highest BCUT2D eigenvalue weighted by atomic mass is 16.8. The minimum atomic E-state index is -1.38. The first-order valence-corrected chi connectivity index (χ1v) is 11.6. The number of nitrogens with one attached hydrogen (secondary N) is 1. The van der Waals surface area contributed by atoms with Crippen LogP contribution in [0.5, 0.6) is 0 Å². The molecule has 0 aromatic carbocycles. The Labute approximate surface area is 201 Å². The fourth-order valence-electron chi connectivity index (χ4n) is 4.32. The molecule has 2 aliphatic heterocycles. The van der Waals surface area contributed by atoms with E-state index in [1.807, 2.05) is 13.8 Å². The van der Waals surface area contributed by atoms with Gasteiger partial charge in [0, 0.05) is 12.8 Å². The minimum absolute atomic E-state index is 0.131. The molecule has 1 unspecified atom stereocenters. The van der Waals surface area contributed by atoms with Crippen molar-refractivity contribution in [2.75, 3.05) is 5.32 Å². The maximum Gasteiger partial charge on any atom is 0.306 e. The Morgan fingerprint density at radius 2 is 1.86 bits per heavy atom. The van der Waals surface area contributed by atoms with Gasteiger partial charge in [-0.2, -0.15) is 0 Å². The molecule has 35 heavy (non-hydrogen) atoms. The number of rotatable bonds is 9. The van der Waals surface area contributed by atoms with E-state index in [9.17, 15) is 14.4 Å². The molecule has 0 aliphatic carbocycles. The minimum Gasteiger partial charge on any atom is -0.449 e. The molecule has 2 amide bonds. The molecule has 13 nitrogen and oxygen atoms in total. The lowest BCUT2D eigenvalue weighted by molar-refractivity contribution is -0.211. The fourth-order valence-corrected chi connectivity index (χ4v) is 4.32. The number of ether oxygens (including phenoxy) is 4. The monoisotopic (exact) mass is 490 g/mol. The van der Waals surface area contributed by atoms with Crippen LogP contribution in [-0.2, 0) is 33.3 Å². The number of hydrogen-bond acceptors (Lipinski definition) is 10. The van der Waals surface area contributed by atoms with Crippen LogP contribution in [0.15, 0.2) is 12.7 Å². The number of carbonyl (C=O) groups excluding carboxylic acids is 3. The van der Waals surface area contributed by atoms with Crippen LogP contribution in [0.25, 0.3) is 11.2 Å². The number of fused-ring (bicyclic) bond motifs is 2. The van der Waals surface area contributed by atoms with E-state index >= 15 is 0 Å². The lowest BCUT2D eigenvalue weighted by Gasteiger charge is -2.27. The number of imidazole rings is 1. The number of hydrogen-bond donors (Lipinski definition) is 2. The molecule has 4 rings (SSSR count). The number of nitrogens with two attached hydrogens (primary N) is 1. The van der Waals surface area contributed by atoms with Crippen LogP contribution in [0.1, 0.15) is 59.6 Å². The van der Waals surface area contributed by atoms with Crippen LogP contribution in [0, 0.1) is 0 Å². The maximum absolute atomic E-state index is 12.3. The first kappa shape index (κ1) is 24.9. The quantitative estimate of drug-likeness (QED) is 0.487. The zero-order valence-electron chi connectivity index (χ0n) is 20.1. The summed E-state index contributed by atoms with van der Waals surface area (Å²) in [7, 11) is 0. The molecule has 2 saturated heterocycles. The second kappa shape index (κ2) is 9.84. The predicted octanol–water partition coefficient (Wildman–Crippen LogP) is 1.18. The second-order valence-corrected chi connectivity index (χ2v) is 8.96. The molecule has 13 heteroatoms. The molecule has 190 valence electrons. The maximum atomic E-state index is 12.3. The van der Waals surface area contributed by atoms with Gasteiger partial charge < -0.3 is 30.0 Å². The summed E-state index contributed by atoms with van der Waals surface area (Å²) in [6.45, 7) is 7.19. The van der Waals surface area contributed by atoms with Gasteiger partial charge in [0.15, 0.2) is 29.0 Å². The highest BCUT2D eigenvalue weighted by Gasteiger charge is 2.59. The molecule has 0 saturated carbocycles. The molecule has 2 fully saturated rings. The third-order valence-corrected chi connectivity index (χ3v) is 5.72. The van der Waals surface area contributed by atoms with Gasteiger partial charge in [-0.25, -0.2) is 15.0 Å². The standard InChI is InChI=1S/C22H30N6O7/c1-5-7-11(29)27-19-13-20(25-9-24-19)28(10-26-13)21-17-15(34-22(3,4)35-17)14(33-21)16(18(23)31)32-12(30)8-6-2/h9-10,14-17,21H,5-8H2,1-4H3,(H2,23,31)(H,24,25,27,29)/t14-,15+,16?,17+,21+/m0/s1. The normalized spacial score (nSPS) is 25.8. The zero-order valence-corrected chi connectivity index (χ0v) is 20.1. The predicted molar refractivity (Wildman–Crippen MR) is 121 cm³/mol. The van der Waals surface area contributed by atoms with Gasteiger partial charge in [-0.1, -0.05) is 13.8 Å². The molecule has 2 aromatic heterocycles. The van der Waals surface area contributed by atoms with Crippen LogP contribution in [0.2, 0.25) is 0 Å². The Morgan fingerprint density at radius 1 is 1.14 bits per heavy atom. The SMILES string of the molecule is CCCC(=O)Nc1ncnc2c1ncn2[C@@H]1O[C@H](C(OC(=O)CCC)C(N)=O)[C@H]2OC(C)(C)O[C@H]21. The van der Waals surface area contributed by atoms with Gasteiger partial charge >= 0.3 is 5.97 Å². The molecule has 0 spiro atoms. The lowest BCUT2D eigenvalue weighted by atomic mass is 10.0. The topological polar surface area (TPSA) is 170 Å². The van der Waals surface area contributed by atoms with E-state index in [4.69, 9.17) is 24.7 Å². The molecular weight excluding hydrogens is 460 g/mol. The van der Waals surface area contributed by atoms with Gasteiger partial charge in [-0.15, -0.1) is 0 Å². The summed E-state index contributed by atoms with van der Waals surface area (Å²) >= 11 is 0. The van der Waals surface area contributed by atoms with Gasteiger partial charge in [0.25, 0.3) is 5.91 Å². The van der Waals surface area contributed by atoms with Crippen LogP contribution in [0.3, 0.4) is 0 Å². The van der Waals surface area contributed by atoms with Crippen molar-refractivity contribution in [3.63, 3.8) is 0 Å². The van der Waals surface area contributed by atoms with Gasteiger partial charge in [-0.3, -0.25) is 19.0 Å². The number of carbonyl (C=O) groups is 3. The van der Waals surface area contributed by atoms with Crippen molar-refractivity contribution in [3.8, 4) is 0 Å². The first-order chi connectivity index (χ1) is 16.6. The van der Waals surface area contributed by atoms with E-state index in [0.717, 1.165) is 0 Å². The third-order valence-electron chi connectivity index (χ3n) is 5.72. The summed E-state index contributed by atoms with van der Waals surface area (Å²) in [6.07, 6.45) is -0.181. The Kier molecular flexibility index (Phi) is 7.01. The van der Waals surface area contributed by atoms with Crippen LogP contribution >= 0.6 is 0 Å². The summed E-state index contributed by atoms with van der Waals surface area (Å²) in [5.74, 6) is -2.33. The smallest absolute Gasteiger partial charge is 0.306 e. The van der Waals surface area contributed by atoms with Gasteiger partial charge in [0.1, 0.15) is 24.6 Å². The van der Waals surface area contributed by atoms with E-state index in [-0.39, 0.29) is 18.1 Å². The van der Waals surface area contributed by atoms with Crippen molar-refractivity contribution in [2.45, 2.75) is 89.8 Å². The Hall–Kier alpha value is -3.16. The largest absolute Gasteiger partial charge is 0.449 e. The van der Waals surface area contributed by atoms with Gasteiger partial charge in [0.05, 0.1) is 6.33 Å². The molecule has 5 atom stereocenters. The van der Waals surface area contributed by atoms with E-state index in [2.05, 4.69) is 20.3 Å². The first-order valence-electron chi connectivity index (χ1n) is 11.6. The van der Waals surface area contributed by atoms with Crippen LogP contribution in [0.4, 0.5) is 5.82 Å². The highest BCUT2D eigenvalue weighted by Crippen LogP contribution is 2.45. The average Bonchev–Trinajstić information content (AvgIpc) is 3.43. The number of anilines is 1.